The minimum absolute atomic E-state index is 0.0104. The predicted molar refractivity (Wildman–Crippen MR) is 83.1 cm³/mol. The zero-order valence-electron chi connectivity index (χ0n) is 12.5. The Balaban J connectivity index is 1.67. The van der Waals surface area contributed by atoms with Crippen molar-refractivity contribution in [1.82, 2.24) is 15.1 Å². The number of rotatable bonds is 3. The number of para-hydroxylation sites is 1. The minimum atomic E-state index is 0.0104. The first kappa shape index (κ1) is 14.3. The van der Waals surface area contributed by atoms with Gasteiger partial charge in [0.25, 0.3) is 5.91 Å². The summed E-state index contributed by atoms with van der Waals surface area (Å²) in [6, 6.07) is 11.1. The summed E-state index contributed by atoms with van der Waals surface area (Å²) in [4.78, 5) is 16.6. The number of methoxy groups -OCH3 is 1. The fourth-order valence-electron chi connectivity index (χ4n) is 2.59. The Labute approximate surface area is 129 Å². The Bertz CT molecular complexity index is 640. The fourth-order valence-corrected chi connectivity index (χ4v) is 2.59. The average Bonchev–Trinajstić information content (AvgIpc) is 2.62. The lowest BCUT2D eigenvalue weighted by atomic mass is 10.1. The van der Waals surface area contributed by atoms with Crippen molar-refractivity contribution in [2.45, 2.75) is 0 Å². The lowest BCUT2D eigenvalue weighted by Gasteiger charge is -2.35. The number of benzene rings is 1. The number of amides is 1. The van der Waals surface area contributed by atoms with Gasteiger partial charge >= 0.3 is 0 Å². The van der Waals surface area contributed by atoms with Crippen LogP contribution in [0.5, 0.6) is 5.75 Å². The molecule has 0 atom stereocenters. The summed E-state index contributed by atoms with van der Waals surface area (Å²) in [6.07, 6.45) is 1.66. The van der Waals surface area contributed by atoms with Crippen molar-refractivity contribution in [3.63, 3.8) is 0 Å². The quantitative estimate of drug-likeness (QED) is 0.858. The summed E-state index contributed by atoms with van der Waals surface area (Å²) in [6.45, 7) is 2.82. The monoisotopic (exact) mass is 298 g/mol. The van der Waals surface area contributed by atoms with Crippen molar-refractivity contribution in [2.24, 2.45) is 0 Å². The van der Waals surface area contributed by atoms with Crippen molar-refractivity contribution in [3.8, 4) is 5.75 Å². The SMILES string of the molecule is COc1ccccc1C(=O)N1CCN(c2cccnn2)CC1. The molecule has 0 spiro atoms. The number of hydrogen-bond acceptors (Lipinski definition) is 5. The Kier molecular flexibility index (Phi) is 4.18. The van der Waals surface area contributed by atoms with Gasteiger partial charge in [-0.2, -0.15) is 5.10 Å². The summed E-state index contributed by atoms with van der Waals surface area (Å²) in [5.41, 5.74) is 0.609. The highest BCUT2D eigenvalue weighted by Crippen LogP contribution is 2.20. The van der Waals surface area contributed by atoms with Gasteiger partial charge in [-0.3, -0.25) is 4.79 Å². The fraction of sp³-hybridized carbons (Fsp3) is 0.312. The highest BCUT2D eigenvalue weighted by atomic mass is 16.5. The van der Waals surface area contributed by atoms with E-state index in [-0.39, 0.29) is 5.91 Å². The molecule has 0 saturated carbocycles. The highest BCUT2D eigenvalue weighted by molar-refractivity contribution is 5.97. The first-order valence-electron chi connectivity index (χ1n) is 7.24. The molecule has 1 aliphatic rings. The third kappa shape index (κ3) is 2.86. The molecular formula is C16H18N4O2. The molecule has 1 fully saturated rings. The van der Waals surface area contributed by atoms with Gasteiger partial charge in [0.2, 0.25) is 0 Å². The van der Waals surface area contributed by atoms with Crippen molar-refractivity contribution in [3.05, 3.63) is 48.2 Å². The maximum Gasteiger partial charge on any atom is 0.257 e. The van der Waals surface area contributed by atoms with Gasteiger partial charge in [-0.15, -0.1) is 5.10 Å². The molecule has 1 amide bonds. The molecule has 3 rings (SSSR count). The summed E-state index contributed by atoms with van der Waals surface area (Å²) in [5.74, 6) is 1.48. The summed E-state index contributed by atoms with van der Waals surface area (Å²) in [7, 11) is 1.58. The van der Waals surface area contributed by atoms with E-state index in [4.69, 9.17) is 4.74 Å². The van der Waals surface area contributed by atoms with E-state index in [1.165, 1.54) is 0 Å². The summed E-state index contributed by atoms with van der Waals surface area (Å²) in [5, 5.41) is 8.01. The standard InChI is InChI=1S/C16H18N4O2/c1-22-14-6-3-2-5-13(14)16(21)20-11-9-19(10-12-20)15-7-4-8-17-18-15/h2-8H,9-12H2,1H3. The van der Waals surface area contributed by atoms with Crippen LogP contribution in [0.2, 0.25) is 0 Å². The van der Waals surface area contributed by atoms with Gasteiger partial charge in [0.15, 0.2) is 5.82 Å². The number of nitrogens with zero attached hydrogens (tertiary/aromatic N) is 4. The van der Waals surface area contributed by atoms with Crippen LogP contribution in [0, 0.1) is 0 Å². The molecule has 0 bridgehead atoms. The van der Waals surface area contributed by atoms with E-state index >= 15 is 0 Å². The molecule has 114 valence electrons. The number of ether oxygens (including phenoxy) is 1. The Morgan fingerprint density at radius 2 is 1.86 bits per heavy atom. The second-order valence-corrected chi connectivity index (χ2v) is 5.06. The predicted octanol–water partition coefficient (Wildman–Crippen LogP) is 1.45. The molecule has 0 radical (unpaired) electrons. The van der Waals surface area contributed by atoms with Crippen molar-refractivity contribution >= 4 is 11.7 Å². The second-order valence-electron chi connectivity index (χ2n) is 5.06. The Morgan fingerprint density at radius 3 is 2.55 bits per heavy atom. The van der Waals surface area contributed by atoms with Gasteiger partial charge in [-0.1, -0.05) is 12.1 Å². The molecule has 6 heteroatoms. The van der Waals surface area contributed by atoms with E-state index in [0.717, 1.165) is 18.9 Å². The maximum atomic E-state index is 12.6. The molecule has 2 aromatic rings. The van der Waals surface area contributed by atoms with Gasteiger partial charge in [-0.25, -0.2) is 0 Å². The normalized spacial score (nSPS) is 14.8. The van der Waals surface area contributed by atoms with E-state index < -0.39 is 0 Å². The first-order chi connectivity index (χ1) is 10.8. The average molecular weight is 298 g/mol. The van der Waals surface area contributed by atoms with E-state index in [1.807, 2.05) is 35.2 Å². The first-order valence-corrected chi connectivity index (χ1v) is 7.24. The third-order valence-electron chi connectivity index (χ3n) is 3.79. The molecule has 1 aromatic carbocycles. The Morgan fingerprint density at radius 1 is 1.09 bits per heavy atom. The minimum Gasteiger partial charge on any atom is -0.496 e. The number of piperazine rings is 1. The summed E-state index contributed by atoms with van der Waals surface area (Å²) >= 11 is 0. The van der Waals surface area contributed by atoms with Crippen LogP contribution in [-0.2, 0) is 0 Å². The second kappa shape index (κ2) is 6.43. The van der Waals surface area contributed by atoms with Crippen LogP contribution < -0.4 is 9.64 Å². The third-order valence-corrected chi connectivity index (χ3v) is 3.79. The molecule has 1 aromatic heterocycles. The largest absolute Gasteiger partial charge is 0.496 e. The lowest BCUT2D eigenvalue weighted by molar-refractivity contribution is 0.0743. The molecular weight excluding hydrogens is 280 g/mol. The smallest absolute Gasteiger partial charge is 0.257 e. The number of carbonyl (C=O) groups excluding carboxylic acids is 1. The van der Waals surface area contributed by atoms with Gasteiger partial charge in [0.05, 0.1) is 12.7 Å². The number of aromatic nitrogens is 2. The van der Waals surface area contributed by atoms with E-state index in [1.54, 1.807) is 19.4 Å². The number of anilines is 1. The molecule has 2 heterocycles. The molecule has 0 N–H and O–H groups in total. The van der Waals surface area contributed by atoms with Crippen LogP contribution >= 0.6 is 0 Å². The molecule has 0 aliphatic carbocycles. The zero-order valence-corrected chi connectivity index (χ0v) is 12.5. The van der Waals surface area contributed by atoms with Crippen LogP contribution in [0.4, 0.5) is 5.82 Å². The van der Waals surface area contributed by atoms with E-state index in [2.05, 4.69) is 15.1 Å². The Hall–Kier alpha value is -2.63. The number of hydrogen-bond donors (Lipinski definition) is 0. The van der Waals surface area contributed by atoms with Crippen molar-refractivity contribution in [1.29, 1.82) is 0 Å². The van der Waals surface area contributed by atoms with Crippen LogP contribution in [0.15, 0.2) is 42.6 Å². The molecule has 22 heavy (non-hydrogen) atoms. The van der Waals surface area contributed by atoms with Crippen LogP contribution in [0.1, 0.15) is 10.4 Å². The topological polar surface area (TPSA) is 58.6 Å². The molecule has 1 saturated heterocycles. The highest BCUT2D eigenvalue weighted by Gasteiger charge is 2.24. The number of carbonyl (C=O) groups is 1. The molecule has 1 aliphatic heterocycles. The van der Waals surface area contributed by atoms with Crippen molar-refractivity contribution < 1.29 is 9.53 Å². The van der Waals surface area contributed by atoms with Gasteiger partial charge in [-0.05, 0) is 24.3 Å². The van der Waals surface area contributed by atoms with Crippen molar-refractivity contribution in [2.75, 3.05) is 38.2 Å². The van der Waals surface area contributed by atoms with Gasteiger partial charge < -0.3 is 14.5 Å². The van der Waals surface area contributed by atoms with E-state index in [0.29, 0.717) is 24.4 Å². The van der Waals surface area contributed by atoms with Crippen LogP contribution in [0.3, 0.4) is 0 Å². The van der Waals surface area contributed by atoms with Crippen LogP contribution in [-0.4, -0.2) is 54.3 Å². The van der Waals surface area contributed by atoms with Gasteiger partial charge in [0, 0.05) is 32.4 Å². The molecule has 6 nitrogen and oxygen atoms in total. The maximum absolute atomic E-state index is 12.6. The molecule has 0 unspecified atom stereocenters. The zero-order chi connectivity index (χ0) is 15.4. The van der Waals surface area contributed by atoms with Gasteiger partial charge in [0.1, 0.15) is 5.75 Å². The lowest BCUT2D eigenvalue weighted by Crippen LogP contribution is -2.49. The summed E-state index contributed by atoms with van der Waals surface area (Å²) < 4.78 is 5.27. The van der Waals surface area contributed by atoms with Crippen LogP contribution in [0.25, 0.3) is 0 Å². The van der Waals surface area contributed by atoms with E-state index in [9.17, 15) is 4.79 Å².